The minimum absolute atomic E-state index is 0.0249. The number of likely N-dealkylation sites (N-methyl/N-ethyl adjacent to an activating group) is 1. The van der Waals surface area contributed by atoms with Gasteiger partial charge in [-0.3, -0.25) is 14.5 Å². The lowest BCUT2D eigenvalue weighted by atomic mass is 9.85. The van der Waals surface area contributed by atoms with Crippen molar-refractivity contribution in [3.8, 4) is 0 Å². The van der Waals surface area contributed by atoms with Crippen molar-refractivity contribution in [3.63, 3.8) is 0 Å². The molecule has 120 valence electrons. The Bertz CT molecular complexity index is 544. The molecule has 2 N–H and O–H groups in total. The van der Waals surface area contributed by atoms with Crippen molar-refractivity contribution in [2.75, 3.05) is 13.1 Å². The van der Waals surface area contributed by atoms with Crippen LogP contribution in [0.15, 0.2) is 24.3 Å². The molecular weight excluding hydrogens is 287 g/mol. The number of carbonyl (C=O) groups is 2. The predicted molar refractivity (Wildman–Crippen MR) is 79.9 cm³/mol. The molecular formula is C16H21FN2O3. The van der Waals surface area contributed by atoms with Crippen LogP contribution in [0.5, 0.6) is 0 Å². The maximum absolute atomic E-state index is 13.5. The van der Waals surface area contributed by atoms with Gasteiger partial charge >= 0.3 is 5.97 Å². The smallest absolute Gasteiger partial charge is 0.317 e. The van der Waals surface area contributed by atoms with E-state index in [1.807, 2.05) is 11.8 Å². The van der Waals surface area contributed by atoms with E-state index in [1.165, 1.54) is 6.07 Å². The van der Waals surface area contributed by atoms with Crippen LogP contribution in [-0.4, -0.2) is 47.1 Å². The molecule has 1 saturated carbocycles. The average Bonchev–Trinajstić information content (AvgIpc) is 2.42. The molecule has 1 amide bonds. The molecule has 1 aliphatic carbocycles. The Morgan fingerprint density at radius 2 is 2.05 bits per heavy atom. The second-order valence-corrected chi connectivity index (χ2v) is 5.61. The van der Waals surface area contributed by atoms with Gasteiger partial charge in [0.05, 0.1) is 13.0 Å². The number of rotatable bonds is 7. The van der Waals surface area contributed by atoms with Crippen LogP contribution < -0.4 is 5.32 Å². The number of amides is 1. The minimum atomic E-state index is -0.839. The number of carbonyl (C=O) groups excluding carboxylic acids is 1. The number of nitrogens with zero attached hydrogens (tertiary/aromatic N) is 1. The highest BCUT2D eigenvalue weighted by Crippen LogP contribution is 2.25. The zero-order chi connectivity index (χ0) is 16.1. The van der Waals surface area contributed by atoms with Crippen molar-refractivity contribution in [3.05, 3.63) is 35.6 Å². The van der Waals surface area contributed by atoms with E-state index in [0.717, 1.165) is 12.8 Å². The van der Waals surface area contributed by atoms with Gasteiger partial charge in [-0.05, 0) is 31.0 Å². The number of carboxylic acid groups (broad SMARTS) is 1. The second-order valence-electron chi connectivity index (χ2n) is 5.61. The lowest BCUT2D eigenvalue weighted by molar-refractivity contribution is -0.139. The molecule has 1 aromatic rings. The van der Waals surface area contributed by atoms with Gasteiger partial charge in [0.15, 0.2) is 0 Å². The van der Waals surface area contributed by atoms with E-state index in [0.29, 0.717) is 12.1 Å². The Morgan fingerprint density at radius 1 is 1.36 bits per heavy atom. The minimum Gasteiger partial charge on any atom is -0.480 e. The molecule has 1 aliphatic rings. The molecule has 1 aromatic carbocycles. The SMILES string of the molecule is CCN(CC(=O)O)C1CC(NC(=O)Cc2ccccc2F)C1. The molecule has 0 atom stereocenters. The predicted octanol–water partition coefficient (Wildman–Crippen LogP) is 1.42. The summed E-state index contributed by atoms with van der Waals surface area (Å²) >= 11 is 0. The number of carboxylic acids is 1. The van der Waals surface area contributed by atoms with Crippen molar-refractivity contribution in [2.45, 2.75) is 38.3 Å². The number of halogens is 1. The van der Waals surface area contributed by atoms with Crippen LogP contribution in [-0.2, 0) is 16.0 Å². The largest absolute Gasteiger partial charge is 0.480 e. The molecule has 0 unspecified atom stereocenters. The highest BCUT2D eigenvalue weighted by molar-refractivity contribution is 5.79. The first-order valence-corrected chi connectivity index (χ1v) is 7.48. The first-order chi connectivity index (χ1) is 10.5. The molecule has 22 heavy (non-hydrogen) atoms. The summed E-state index contributed by atoms with van der Waals surface area (Å²) in [7, 11) is 0. The van der Waals surface area contributed by atoms with Crippen LogP contribution in [0.1, 0.15) is 25.3 Å². The fourth-order valence-corrected chi connectivity index (χ4v) is 2.77. The zero-order valence-electron chi connectivity index (χ0n) is 12.6. The molecule has 0 heterocycles. The topological polar surface area (TPSA) is 69.6 Å². The van der Waals surface area contributed by atoms with Gasteiger partial charge in [0.2, 0.25) is 5.91 Å². The van der Waals surface area contributed by atoms with Gasteiger partial charge in [0.25, 0.3) is 0 Å². The maximum Gasteiger partial charge on any atom is 0.317 e. The second kappa shape index (κ2) is 7.35. The monoisotopic (exact) mass is 308 g/mol. The number of hydrogen-bond acceptors (Lipinski definition) is 3. The summed E-state index contributed by atoms with van der Waals surface area (Å²) < 4.78 is 13.5. The Morgan fingerprint density at radius 3 is 2.64 bits per heavy atom. The van der Waals surface area contributed by atoms with Gasteiger partial charge < -0.3 is 10.4 Å². The lowest BCUT2D eigenvalue weighted by Crippen LogP contribution is -2.55. The fraction of sp³-hybridized carbons (Fsp3) is 0.500. The molecule has 0 radical (unpaired) electrons. The Hall–Kier alpha value is -1.95. The van der Waals surface area contributed by atoms with Crippen LogP contribution in [0.25, 0.3) is 0 Å². The third kappa shape index (κ3) is 4.27. The van der Waals surface area contributed by atoms with Crippen molar-refractivity contribution >= 4 is 11.9 Å². The normalized spacial score (nSPS) is 20.5. The van der Waals surface area contributed by atoms with Crippen molar-refractivity contribution in [1.29, 1.82) is 0 Å². The summed E-state index contributed by atoms with van der Waals surface area (Å²) in [6.07, 6.45) is 1.51. The molecule has 1 fully saturated rings. The number of aliphatic carboxylic acids is 1. The Balaban J connectivity index is 1.76. The summed E-state index contributed by atoms with van der Waals surface area (Å²) in [5, 5.41) is 11.7. The third-order valence-corrected chi connectivity index (χ3v) is 4.05. The van der Waals surface area contributed by atoms with E-state index in [1.54, 1.807) is 18.2 Å². The Kier molecular flexibility index (Phi) is 5.49. The maximum atomic E-state index is 13.5. The van der Waals surface area contributed by atoms with E-state index >= 15 is 0 Å². The first-order valence-electron chi connectivity index (χ1n) is 7.48. The van der Waals surface area contributed by atoms with Crippen molar-refractivity contribution in [2.24, 2.45) is 0 Å². The molecule has 0 aliphatic heterocycles. The molecule has 0 spiro atoms. The molecule has 2 rings (SSSR count). The van der Waals surface area contributed by atoms with Crippen LogP contribution in [0, 0.1) is 5.82 Å². The van der Waals surface area contributed by atoms with Gasteiger partial charge in [-0.15, -0.1) is 0 Å². The highest BCUT2D eigenvalue weighted by Gasteiger charge is 2.34. The van der Waals surface area contributed by atoms with Gasteiger partial charge in [-0.1, -0.05) is 25.1 Å². The third-order valence-electron chi connectivity index (χ3n) is 4.05. The van der Waals surface area contributed by atoms with Gasteiger partial charge in [-0.2, -0.15) is 0 Å². The fourth-order valence-electron chi connectivity index (χ4n) is 2.77. The van der Waals surface area contributed by atoms with Gasteiger partial charge in [0.1, 0.15) is 5.82 Å². The summed E-state index contributed by atoms with van der Waals surface area (Å²) in [5.74, 6) is -1.41. The van der Waals surface area contributed by atoms with E-state index in [2.05, 4.69) is 5.32 Å². The van der Waals surface area contributed by atoms with Crippen LogP contribution >= 0.6 is 0 Å². The van der Waals surface area contributed by atoms with Crippen LogP contribution in [0.2, 0.25) is 0 Å². The summed E-state index contributed by atoms with van der Waals surface area (Å²) in [5.41, 5.74) is 0.386. The standard InChI is InChI=1S/C16H21FN2O3/c1-2-19(10-16(21)22)13-8-12(9-13)18-15(20)7-11-5-3-4-6-14(11)17/h3-6,12-13H,2,7-10H2,1H3,(H,18,20)(H,21,22). The molecule has 0 aromatic heterocycles. The number of hydrogen-bond donors (Lipinski definition) is 2. The van der Waals surface area contributed by atoms with Crippen molar-refractivity contribution in [1.82, 2.24) is 10.2 Å². The quantitative estimate of drug-likeness (QED) is 0.799. The first kappa shape index (κ1) is 16.4. The molecule has 0 saturated heterocycles. The highest BCUT2D eigenvalue weighted by atomic mass is 19.1. The molecule has 6 heteroatoms. The van der Waals surface area contributed by atoms with Crippen molar-refractivity contribution < 1.29 is 19.1 Å². The van der Waals surface area contributed by atoms with Crippen LogP contribution in [0.3, 0.4) is 0 Å². The Labute approximate surface area is 129 Å². The zero-order valence-corrected chi connectivity index (χ0v) is 12.6. The molecule has 5 nitrogen and oxygen atoms in total. The molecule has 0 bridgehead atoms. The average molecular weight is 308 g/mol. The van der Waals surface area contributed by atoms with Gasteiger partial charge in [0, 0.05) is 12.1 Å². The number of benzene rings is 1. The van der Waals surface area contributed by atoms with E-state index in [4.69, 9.17) is 5.11 Å². The number of nitrogens with one attached hydrogen (secondary N) is 1. The van der Waals surface area contributed by atoms with E-state index in [-0.39, 0.29) is 36.8 Å². The lowest BCUT2D eigenvalue weighted by Gasteiger charge is -2.42. The van der Waals surface area contributed by atoms with E-state index in [9.17, 15) is 14.0 Å². The summed E-state index contributed by atoms with van der Waals surface area (Å²) in [4.78, 5) is 24.6. The van der Waals surface area contributed by atoms with E-state index < -0.39 is 5.97 Å². The summed E-state index contributed by atoms with van der Waals surface area (Å²) in [6, 6.07) is 6.48. The van der Waals surface area contributed by atoms with Gasteiger partial charge in [-0.25, -0.2) is 4.39 Å². The summed E-state index contributed by atoms with van der Waals surface area (Å²) in [6.45, 7) is 2.62. The van der Waals surface area contributed by atoms with Crippen LogP contribution in [0.4, 0.5) is 4.39 Å².